The summed E-state index contributed by atoms with van der Waals surface area (Å²) in [5, 5.41) is 0. The number of rotatable bonds is 0. The predicted molar refractivity (Wildman–Crippen MR) is 35.8 cm³/mol. The van der Waals surface area contributed by atoms with E-state index in [0.29, 0.717) is 18.6 Å². The molecule has 0 aliphatic heterocycles. The molecule has 0 aromatic carbocycles. The van der Waals surface area contributed by atoms with Crippen molar-refractivity contribution in [3.8, 4) is 12.3 Å². The smallest absolute Gasteiger partial charge is 0.137 e. The average molecular weight is 120 g/mol. The van der Waals surface area contributed by atoms with Gasteiger partial charge in [0.25, 0.3) is 0 Å². The molecule has 0 amide bonds. The van der Waals surface area contributed by atoms with Crippen molar-refractivity contribution in [2.75, 3.05) is 0 Å². The van der Waals surface area contributed by atoms with Crippen molar-refractivity contribution in [1.82, 2.24) is 0 Å². The van der Waals surface area contributed by atoms with Crippen molar-refractivity contribution < 1.29 is 4.79 Å². The van der Waals surface area contributed by atoms with Crippen molar-refractivity contribution in [2.45, 2.75) is 19.3 Å². The average Bonchev–Trinajstić information content (AvgIpc) is 1.90. The van der Waals surface area contributed by atoms with Crippen LogP contribution in [0.1, 0.15) is 19.3 Å². The molecule has 9 heavy (non-hydrogen) atoms. The van der Waals surface area contributed by atoms with Crippen LogP contribution in [-0.4, -0.2) is 5.78 Å². The zero-order chi connectivity index (χ0) is 6.69. The summed E-state index contributed by atoms with van der Waals surface area (Å²) in [6.07, 6.45) is 8.91. The highest BCUT2D eigenvalue weighted by Crippen LogP contribution is 2.12. The summed E-state index contributed by atoms with van der Waals surface area (Å²) < 4.78 is 0. The van der Waals surface area contributed by atoms with Crippen molar-refractivity contribution in [3.05, 3.63) is 11.6 Å². The molecule has 1 rings (SSSR count). The predicted octanol–water partition coefficient (Wildman–Crippen LogP) is 1.30. The van der Waals surface area contributed by atoms with Crippen LogP contribution in [0.15, 0.2) is 11.6 Å². The second kappa shape index (κ2) is 2.50. The SMILES string of the molecule is C#CC1=CCC(=O)CC1. The van der Waals surface area contributed by atoms with Crippen molar-refractivity contribution in [1.29, 1.82) is 0 Å². The number of allylic oxidation sites excluding steroid dienone is 2. The normalized spacial score (nSPS) is 18.6. The van der Waals surface area contributed by atoms with Crippen LogP contribution in [0.2, 0.25) is 0 Å². The van der Waals surface area contributed by atoms with Gasteiger partial charge in [0, 0.05) is 12.8 Å². The summed E-state index contributed by atoms with van der Waals surface area (Å²) in [6, 6.07) is 0. The van der Waals surface area contributed by atoms with Gasteiger partial charge in [0.1, 0.15) is 5.78 Å². The highest BCUT2D eigenvalue weighted by atomic mass is 16.1. The molecule has 0 N–H and O–H groups in total. The minimum absolute atomic E-state index is 0.300. The van der Waals surface area contributed by atoms with Gasteiger partial charge in [-0.3, -0.25) is 4.79 Å². The van der Waals surface area contributed by atoms with E-state index in [1.54, 1.807) is 0 Å². The third-order valence-corrected chi connectivity index (χ3v) is 1.43. The molecule has 0 aromatic rings. The molecule has 0 aromatic heterocycles. The van der Waals surface area contributed by atoms with Crippen LogP contribution in [0.3, 0.4) is 0 Å². The number of hydrogen-bond acceptors (Lipinski definition) is 1. The highest BCUT2D eigenvalue weighted by molar-refractivity contribution is 5.81. The quantitative estimate of drug-likeness (QED) is 0.440. The fraction of sp³-hybridized carbons (Fsp3) is 0.375. The fourth-order valence-corrected chi connectivity index (χ4v) is 0.846. The molecule has 1 heteroatoms. The molecular formula is C8H8O. The van der Waals surface area contributed by atoms with Crippen LogP contribution in [0.5, 0.6) is 0 Å². The van der Waals surface area contributed by atoms with E-state index in [1.807, 2.05) is 6.08 Å². The van der Waals surface area contributed by atoms with Gasteiger partial charge in [0.2, 0.25) is 0 Å². The number of ketones is 1. The Balaban J connectivity index is 2.63. The molecule has 0 bridgehead atoms. The highest BCUT2D eigenvalue weighted by Gasteiger charge is 2.07. The molecule has 1 nitrogen and oxygen atoms in total. The third-order valence-electron chi connectivity index (χ3n) is 1.43. The topological polar surface area (TPSA) is 17.1 Å². The first kappa shape index (κ1) is 6.10. The van der Waals surface area contributed by atoms with E-state index in [4.69, 9.17) is 6.42 Å². The minimum atomic E-state index is 0.300. The van der Waals surface area contributed by atoms with E-state index >= 15 is 0 Å². The Morgan fingerprint density at radius 2 is 2.33 bits per heavy atom. The lowest BCUT2D eigenvalue weighted by Gasteiger charge is -2.04. The van der Waals surface area contributed by atoms with E-state index < -0.39 is 0 Å². The summed E-state index contributed by atoms with van der Waals surface area (Å²) >= 11 is 0. The Morgan fingerprint density at radius 1 is 1.56 bits per heavy atom. The maximum absolute atomic E-state index is 10.6. The van der Waals surface area contributed by atoms with Gasteiger partial charge in [-0.05, 0) is 12.0 Å². The Hall–Kier alpha value is -1.03. The lowest BCUT2D eigenvalue weighted by molar-refractivity contribution is -0.118. The standard InChI is InChI=1S/C8H8O/c1-2-7-3-5-8(9)6-4-7/h1,3H,4-6H2. The summed E-state index contributed by atoms with van der Waals surface area (Å²) in [7, 11) is 0. The first-order valence-corrected chi connectivity index (χ1v) is 3.00. The Kier molecular flexibility index (Phi) is 1.69. The lowest BCUT2D eigenvalue weighted by atomic mass is 9.99. The van der Waals surface area contributed by atoms with Gasteiger partial charge >= 0.3 is 0 Å². The van der Waals surface area contributed by atoms with Gasteiger partial charge in [-0.2, -0.15) is 0 Å². The second-order valence-corrected chi connectivity index (χ2v) is 2.12. The molecule has 0 fully saturated rings. The van der Waals surface area contributed by atoms with E-state index in [2.05, 4.69) is 5.92 Å². The molecule has 0 saturated heterocycles. The number of carbonyl (C=O) groups excluding carboxylic acids is 1. The van der Waals surface area contributed by atoms with Gasteiger partial charge in [-0.25, -0.2) is 0 Å². The van der Waals surface area contributed by atoms with E-state index in [9.17, 15) is 4.79 Å². The van der Waals surface area contributed by atoms with E-state index in [0.717, 1.165) is 12.0 Å². The molecule has 0 atom stereocenters. The lowest BCUT2D eigenvalue weighted by Crippen LogP contribution is -2.01. The van der Waals surface area contributed by atoms with Gasteiger partial charge in [0.15, 0.2) is 0 Å². The third kappa shape index (κ3) is 1.43. The molecule has 0 saturated carbocycles. The molecule has 46 valence electrons. The van der Waals surface area contributed by atoms with Crippen LogP contribution >= 0.6 is 0 Å². The summed E-state index contributed by atoms with van der Waals surface area (Å²) in [4.78, 5) is 10.6. The number of terminal acetylenes is 1. The summed E-state index contributed by atoms with van der Waals surface area (Å²) in [5.74, 6) is 2.83. The van der Waals surface area contributed by atoms with Gasteiger partial charge in [-0.1, -0.05) is 12.0 Å². The van der Waals surface area contributed by atoms with Crippen molar-refractivity contribution in [2.24, 2.45) is 0 Å². The maximum atomic E-state index is 10.6. The minimum Gasteiger partial charge on any atom is -0.299 e. The molecule has 1 aliphatic rings. The summed E-state index contributed by atoms with van der Waals surface area (Å²) in [5.41, 5.74) is 0.981. The molecule has 0 spiro atoms. The van der Waals surface area contributed by atoms with Crippen LogP contribution in [0.4, 0.5) is 0 Å². The largest absolute Gasteiger partial charge is 0.299 e. The Morgan fingerprint density at radius 3 is 2.78 bits per heavy atom. The molecular weight excluding hydrogens is 112 g/mol. The van der Waals surface area contributed by atoms with E-state index in [1.165, 1.54) is 0 Å². The number of Topliss-reactive ketones (excluding diaryl/α,β-unsaturated/α-hetero) is 1. The first-order valence-electron chi connectivity index (χ1n) is 3.00. The monoisotopic (exact) mass is 120 g/mol. The number of hydrogen-bond donors (Lipinski definition) is 0. The first-order chi connectivity index (χ1) is 4.33. The van der Waals surface area contributed by atoms with Crippen LogP contribution in [0.25, 0.3) is 0 Å². The molecule has 1 aliphatic carbocycles. The van der Waals surface area contributed by atoms with Gasteiger partial charge < -0.3 is 0 Å². The summed E-state index contributed by atoms with van der Waals surface area (Å²) in [6.45, 7) is 0. The Labute approximate surface area is 54.8 Å². The van der Waals surface area contributed by atoms with Crippen LogP contribution in [-0.2, 0) is 4.79 Å². The number of carbonyl (C=O) groups is 1. The van der Waals surface area contributed by atoms with E-state index in [-0.39, 0.29) is 0 Å². The van der Waals surface area contributed by atoms with Gasteiger partial charge in [0.05, 0.1) is 0 Å². The molecule has 0 radical (unpaired) electrons. The Bertz CT molecular complexity index is 193. The van der Waals surface area contributed by atoms with Crippen LogP contribution < -0.4 is 0 Å². The maximum Gasteiger partial charge on any atom is 0.137 e. The van der Waals surface area contributed by atoms with Crippen molar-refractivity contribution >= 4 is 5.78 Å². The molecule has 0 heterocycles. The second-order valence-electron chi connectivity index (χ2n) is 2.12. The van der Waals surface area contributed by atoms with Crippen LogP contribution in [0, 0.1) is 12.3 Å². The van der Waals surface area contributed by atoms with Gasteiger partial charge in [-0.15, -0.1) is 6.42 Å². The molecule has 0 unspecified atom stereocenters. The fourth-order valence-electron chi connectivity index (χ4n) is 0.846. The zero-order valence-electron chi connectivity index (χ0n) is 5.18. The van der Waals surface area contributed by atoms with Crippen molar-refractivity contribution in [3.63, 3.8) is 0 Å². The zero-order valence-corrected chi connectivity index (χ0v) is 5.18.